The Kier molecular flexibility index (Phi) is 4.73. The van der Waals surface area contributed by atoms with Gasteiger partial charge >= 0.3 is 0 Å². The molecule has 1 N–H and O–H groups in total. The van der Waals surface area contributed by atoms with Crippen LogP contribution in [0.25, 0.3) is 6.08 Å². The first kappa shape index (κ1) is 10.7. The van der Waals surface area contributed by atoms with Crippen molar-refractivity contribution in [1.29, 1.82) is 0 Å². The minimum Gasteiger partial charge on any atom is -0.314 e. The molecule has 74 valence electrons. The molecule has 0 aliphatic heterocycles. The van der Waals surface area contributed by atoms with E-state index in [-0.39, 0.29) is 0 Å². The average molecular weight is 187 g/mol. The second kappa shape index (κ2) is 6.17. The lowest BCUT2D eigenvalue weighted by Crippen LogP contribution is -2.17. The first-order valence-electron chi connectivity index (χ1n) is 4.90. The molecule has 0 saturated carbocycles. The highest BCUT2D eigenvalue weighted by Crippen LogP contribution is 2.00. The third-order valence-electron chi connectivity index (χ3n) is 2.05. The topological polar surface area (TPSA) is 12.0 Å². The molecule has 0 fully saturated rings. The van der Waals surface area contributed by atoms with Gasteiger partial charge in [0.1, 0.15) is 0 Å². The number of hydrogen-bond donors (Lipinski definition) is 1. The molecular formula is C13H17N. The Morgan fingerprint density at radius 2 is 1.86 bits per heavy atom. The molecule has 0 aromatic heterocycles. The zero-order valence-electron chi connectivity index (χ0n) is 8.77. The van der Waals surface area contributed by atoms with Crippen LogP contribution in [0.15, 0.2) is 48.6 Å². The van der Waals surface area contributed by atoms with E-state index in [0.717, 1.165) is 0 Å². The smallest absolute Gasteiger partial charge is 0.0221 e. The van der Waals surface area contributed by atoms with E-state index in [1.54, 1.807) is 0 Å². The summed E-state index contributed by atoms with van der Waals surface area (Å²) in [5, 5.41) is 3.14. The van der Waals surface area contributed by atoms with Crippen molar-refractivity contribution in [3.05, 3.63) is 54.1 Å². The minimum absolute atomic E-state index is 0.426. The number of hydrogen-bond acceptors (Lipinski definition) is 1. The molecule has 1 rings (SSSR count). The molecule has 0 aliphatic carbocycles. The third kappa shape index (κ3) is 4.06. The summed E-state index contributed by atoms with van der Waals surface area (Å²) < 4.78 is 0. The van der Waals surface area contributed by atoms with Gasteiger partial charge in [0.15, 0.2) is 0 Å². The Morgan fingerprint density at radius 3 is 2.50 bits per heavy atom. The first-order valence-corrected chi connectivity index (χ1v) is 4.90. The first-order chi connectivity index (χ1) is 6.83. The van der Waals surface area contributed by atoms with Crippen LogP contribution in [-0.2, 0) is 0 Å². The maximum atomic E-state index is 3.14. The molecule has 1 aromatic rings. The van der Waals surface area contributed by atoms with E-state index in [9.17, 15) is 0 Å². The molecule has 0 heterocycles. The summed E-state index contributed by atoms with van der Waals surface area (Å²) in [7, 11) is 1.95. The standard InChI is InChI=1S/C13H17N/c1-12(14-2)8-6-7-11-13-9-4-3-5-10-13/h3-12,14H,1-2H3. The number of rotatable bonds is 4. The summed E-state index contributed by atoms with van der Waals surface area (Å²) in [6.45, 7) is 2.12. The molecule has 1 nitrogen and oxygen atoms in total. The van der Waals surface area contributed by atoms with Crippen molar-refractivity contribution in [2.75, 3.05) is 7.05 Å². The van der Waals surface area contributed by atoms with Crippen LogP contribution in [0.2, 0.25) is 0 Å². The number of benzene rings is 1. The van der Waals surface area contributed by atoms with Gasteiger partial charge in [-0.3, -0.25) is 0 Å². The largest absolute Gasteiger partial charge is 0.314 e. The van der Waals surface area contributed by atoms with Gasteiger partial charge in [-0.15, -0.1) is 0 Å². The SMILES string of the molecule is CNC(C)C=CC=Cc1ccccc1. The van der Waals surface area contributed by atoms with E-state index >= 15 is 0 Å². The Bertz CT molecular complexity index is 298. The molecule has 0 aliphatic rings. The van der Waals surface area contributed by atoms with Crippen LogP contribution in [-0.4, -0.2) is 13.1 Å². The van der Waals surface area contributed by atoms with Crippen LogP contribution in [0, 0.1) is 0 Å². The summed E-state index contributed by atoms with van der Waals surface area (Å²) >= 11 is 0. The van der Waals surface area contributed by atoms with Gasteiger partial charge in [0.2, 0.25) is 0 Å². The average Bonchev–Trinajstić information content (AvgIpc) is 2.25. The van der Waals surface area contributed by atoms with Gasteiger partial charge < -0.3 is 5.32 Å². The normalized spacial score (nSPS) is 13.9. The lowest BCUT2D eigenvalue weighted by atomic mass is 10.2. The lowest BCUT2D eigenvalue weighted by Gasteiger charge is -2.00. The maximum absolute atomic E-state index is 3.14. The molecule has 0 bridgehead atoms. The van der Waals surface area contributed by atoms with Crippen LogP contribution in [0.4, 0.5) is 0 Å². The Labute approximate surface area is 86.2 Å². The van der Waals surface area contributed by atoms with Crippen molar-refractivity contribution in [3.63, 3.8) is 0 Å². The van der Waals surface area contributed by atoms with E-state index in [1.807, 2.05) is 25.2 Å². The lowest BCUT2D eigenvalue weighted by molar-refractivity contribution is 0.729. The monoisotopic (exact) mass is 187 g/mol. The number of likely N-dealkylation sites (N-methyl/N-ethyl adjacent to an activating group) is 1. The van der Waals surface area contributed by atoms with Gasteiger partial charge in [-0.2, -0.15) is 0 Å². The summed E-state index contributed by atoms with van der Waals surface area (Å²) in [5.74, 6) is 0. The molecule has 0 spiro atoms. The predicted molar refractivity (Wildman–Crippen MR) is 63.1 cm³/mol. The van der Waals surface area contributed by atoms with Crippen molar-refractivity contribution in [3.8, 4) is 0 Å². The molecule has 0 amide bonds. The van der Waals surface area contributed by atoms with Gasteiger partial charge in [0.05, 0.1) is 0 Å². The van der Waals surface area contributed by atoms with Crippen molar-refractivity contribution in [2.45, 2.75) is 13.0 Å². The Morgan fingerprint density at radius 1 is 1.14 bits per heavy atom. The van der Waals surface area contributed by atoms with Crippen LogP contribution < -0.4 is 5.32 Å². The van der Waals surface area contributed by atoms with Gasteiger partial charge in [0, 0.05) is 6.04 Å². The van der Waals surface area contributed by atoms with E-state index in [2.05, 4.69) is 48.7 Å². The second-order valence-corrected chi connectivity index (χ2v) is 3.23. The summed E-state index contributed by atoms with van der Waals surface area (Å²) in [6.07, 6.45) is 8.34. The molecule has 14 heavy (non-hydrogen) atoms. The van der Waals surface area contributed by atoms with Crippen LogP contribution in [0.3, 0.4) is 0 Å². The van der Waals surface area contributed by atoms with Crippen molar-refractivity contribution in [2.24, 2.45) is 0 Å². The third-order valence-corrected chi connectivity index (χ3v) is 2.05. The summed E-state index contributed by atoms with van der Waals surface area (Å²) in [4.78, 5) is 0. The molecule has 0 radical (unpaired) electrons. The van der Waals surface area contributed by atoms with E-state index in [4.69, 9.17) is 0 Å². The molecule has 1 heteroatoms. The molecular weight excluding hydrogens is 170 g/mol. The highest BCUT2D eigenvalue weighted by molar-refractivity contribution is 5.50. The summed E-state index contributed by atoms with van der Waals surface area (Å²) in [6, 6.07) is 10.7. The highest BCUT2D eigenvalue weighted by atomic mass is 14.8. The fourth-order valence-electron chi connectivity index (χ4n) is 1.06. The van der Waals surface area contributed by atoms with Crippen molar-refractivity contribution >= 4 is 6.08 Å². The van der Waals surface area contributed by atoms with E-state index in [1.165, 1.54) is 5.56 Å². The van der Waals surface area contributed by atoms with Crippen LogP contribution >= 0.6 is 0 Å². The summed E-state index contributed by atoms with van der Waals surface area (Å²) in [5.41, 5.74) is 1.23. The molecule has 0 saturated heterocycles. The zero-order chi connectivity index (χ0) is 10.2. The minimum atomic E-state index is 0.426. The van der Waals surface area contributed by atoms with E-state index in [0.29, 0.717) is 6.04 Å². The van der Waals surface area contributed by atoms with Gasteiger partial charge in [0.25, 0.3) is 0 Å². The fraction of sp³-hybridized carbons (Fsp3) is 0.231. The van der Waals surface area contributed by atoms with E-state index < -0.39 is 0 Å². The van der Waals surface area contributed by atoms with Gasteiger partial charge in [-0.1, -0.05) is 54.6 Å². The fourth-order valence-corrected chi connectivity index (χ4v) is 1.06. The Hall–Kier alpha value is -1.34. The number of allylic oxidation sites excluding steroid dienone is 2. The van der Waals surface area contributed by atoms with Gasteiger partial charge in [-0.05, 0) is 19.5 Å². The molecule has 1 aromatic carbocycles. The van der Waals surface area contributed by atoms with Crippen molar-refractivity contribution < 1.29 is 0 Å². The van der Waals surface area contributed by atoms with Crippen LogP contribution in [0.1, 0.15) is 12.5 Å². The quantitative estimate of drug-likeness (QED) is 0.715. The predicted octanol–water partition coefficient (Wildman–Crippen LogP) is 2.86. The second-order valence-electron chi connectivity index (χ2n) is 3.23. The number of nitrogens with one attached hydrogen (secondary N) is 1. The Balaban J connectivity index is 2.45. The van der Waals surface area contributed by atoms with Crippen molar-refractivity contribution in [1.82, 2.24) is 5.32 Å². The highest BCUT2D eigenvalue weighted by Gasteiger charge is 1.85. The van der Waals surface area contributed by atoms with Crippen LogP contribution in [0.5, 0.6) is 0 Å². The maximum Gasteiger partial charge on any atom is 0.0221 e. The van der Waals surface area contributed by atoms with Gasteiger partial charge in [-0.25, -0.2) is 0 Å². The molecule has 1 atom stereocenters. The molecule has 1 unspecified atom stereocenters. The zero-order valence-corrected chi connectivity index (χ0v) is 8.77.